The number of nitrogens with one attached hydrogen (secondary N) is 1. The molecule has 14 heavy (non-hydrogen) atoms. The topological polar surface area (TPSA) is 45.8 Å². The van der Waals surface area contributed by atoms with Gasteiger partial charge >= 0.3 is 4.87 Å². The van der Waals surface area contributed by atoms with Gasteiger partial charge < -0.3 is 4.98 Å². The van der Waals surface area contributed by atoms with Crippen LogP contribution in [0.25, 0.3) is 21.0 Å². The Morgan fingerprint density at radius 3 is 3.14 bits per heavy atom. The molecule has 0 aliphatic rings. The summed E-state index contributed by atoms with van der Waals surface area (Å²) in [6.45, 7) is 0. The summed E-state index contributed by atoms with van der Waals surface area (Å²) in [7, 11) is 0. The first-order chi connectivity index (χ1) is 6.84. The molecule has 0 amide bonds. The Kier molecular flexibility index (Phi) is 1.46. The summed E-state index contributed by atoms with van der Waals surface area (Å²) in [6, 6.07) is 5.90. The highest BCUT2D eigenvalue weighted by Gasteiger charge is 2.03. The van der Waals surface area contributed by atoms with Crippen molar-refractivity contribution in [2.24, 2.45) is 0 Å². The molecule has 0 aliphatic heterocycles. The summed E-state index contributed by atoms with van der Waals surface area (Å²) in [5, 5.41) is 2.10. The van der Waals surface area contributed by atoms with Gasteiger partial charge in [0.1, 0.15) is 0 Å². The van der Waals surface area contributed by atoms with Gasteiger partial charge in [0.15, 0.2) is 0 Å². The number of aromatic nitrogens is 2. The molecule has 0 atom stereocenters. The van der Waals surface area contributed by atoms with Crippen LogP contribution in [0.2, 0.25) is 0 Å². The highest BCUT2D eigenvalue weighted by molar-refractivity contribution is 7.16. The number of rotatable bonds is 0. The Bertz CT molecular complexity index is 668. The van der Waals surface area contributed by atoms with E-state index in [-0.39, 0.29) is 4.87 Å². The summed E-state index contributed by atoms with van der Waals surface area (Å²) in [5.74, 6) is 0. The van der Waals surface area contributed by atoms with Crippen molar-refractivity contribution in [3.8, 4) is 0 Å². The van der Waals surface area contributed by atoms with Gasteiger partial charge in [-0.25, -0.2) is 0 Å². The molecule has 3 aromatic rings. The normalized spacial score (nSPS) is 11.1. The summed E-state index contributed by atoms with van der Waals surface area (Å²) in [6.07, 6.45) is 3.53. The number of fused-ring (bicyclic) bond motifs is 3. The van der Waals surface area contributed by atoms with Crippen LogP contribution in [0.5, 0.6) is 0 Å². The van der Waals surface area contributed by atoms with Gasteiger partial charge in [-0.3, -0.25) is 9.78 Å². The second-order valence-corrected chi connectivity index (χ2v) is 4.06. The molecule has 68 valence electrons. The second kappa shape index (κ2) is 2.65. The van der Waals surface area contributed by atoms with Crippen molar-refractivity contribution in [1.29, 1.82) is 0 Å². The number of thiazole rings is 1. The molecule has 1 N–H and O–H groups in total. The van der Waals surface area contributed by atoms with Gasteiger partial charge in [0, 0.05) is 17.8 Å². The third-order valence-electron chi connectivity index (χ3n) is 2.21. The highest BCUT2D eigenvalue weighted by atomic mass is 32.1. The van der Waals surface area contributed by atoms with Gasteiger partial charge in [0.05, 0.1) is 10.2 Å². The number of benzene rings is 1. The monoisotopic (exact) mass is 202 g/mol. The molecule has 0 bridgehead atoms. The number of hydrogen-bond acceptors (Lipinski definition) is 3. The fourth-order valence-electron chi connectivity index (χ4n) is 1.58. The Balaban J connectivity index is 2.66. The van der Waals surface area contributed by atoms with E-state index in [0.717, 1.165) is 21.0 Å². The first-order valence-electron chi connectivity index (χ1n) is 4.20. The summed E-state index contributed by atoms with van der Waals surface area (Å²) >= 11 is 1.23. The van der Waals surface area contributed by atoms with E-state index in [2.05, 4.69) is 9.97 Å². The molecule has 1 aromatic carbocycles. The number of H-pyrrole nitrogens is 1. The van der Waals surface area contributed by atoms with E-state index in [4.69, 9.17) is 0 Å². The third-order valence-corrected chi connectivity index (χ3v) is 3.06. The zero-order valence-corrected chi connectivity index (χ0v) is 7.97. The van der Waals surface area contributed by atoms with E-state index in [1.54, 1.807) is 12.4 Å². The molecule has 3 nitrogen and oxygen atoms in total. The molecular weight excluding hydrogens is 196 g/mol. The van der Waals surface area contributed by atoms with E-state index in [9.17, 15) is 4.79 Å². The van der Waals surface area contributed by atoms with Crippen molar-refractivity contribution in [1.82, 2.24) is 9.97 Å². The second-order valence-electron chi connectivity index (χ2n) is 3.05. The molecule has 2 aromatic heterocycles. The molecule has 0 spiro atoms. The van der Waals surface area contributed by atoms with Crippen LogP contribution < -0.4 is 4.87 Å². The molecule has 0 aliphatic carbocycles. The summed E-state index contributed by atoms with van der Waals surface area (Å²) < 4.78 is 0.982. The Morgan fingerprint density at radius 2 is 2.21 bits per heavy atom. The maximum absolute atomic E-state index is 11.2. The van der Waals surface area contributed by atoms with Crippen molar-refractivity contribution >= 4 is 32.3 Å². The minimum atomic E-state index is -0.0173. The van der Waals surface area contributed by atoms with Crippen molar-refractivity contribution in [3.63, 3.8) is 0 Å². The zero-order chi connectivity index (χ0) is 9.54. The predicted molar refractivity (Wildman–Crippen MR) is 57.7 cm³/mol. The average molecular weight is 202 g/mol. The third kappa shape index (κ3) is 0.975. The lowest BCUT2D eigenvalue weighted by molar-refractivity contribution is 1.36. The fraction of sp³-hybridized carbons (Fsp3) is 0. The van der Waals surface area contributed by atoms with E-state index < -0.39 is 0 Å². The van der Waals surface area contributed by atoms with Crippen LogP contribution in [0.1, 0.15) is 0 Å². The number of hydrogen-bond donors (Lipinski definition) is 1. The predicted octanol–water partition coefficient (Wildman–Crippen LogP) is 2.14. The molecule has 0 fully saturated rings. The maximum atomic E-state index is 11.2. The van der Waals surface area contributed by atoms with E-state index in [1.807, 2.05) is 18.2 Å². The maximum Gasteiger partial charge on any atom is 0.305 e. The van der Waals surface area contributed by atoms with Crippen LogP contribution >= 0.6 is 11.3 Å². The molecule has 0 unspecified atom stereocenters. The Morgan fingerprint density at radius 1 is 1.29 bits per heavy atom. The molecule has 2 heterocycles. The van der Waals surface area contributed by atoms with Gasteiger partial charge in [-0.15, -0.1) is 0 Å². The van der Waals surface area contributed by atoms with Crippen LogP contribution in [-0.2, 0) is 0 Å². The minimum absolute atomic E-state index is 0.0173. The van der Waals surface area contributed by atoms with Crippen molar-refractivity contribution < 1.29 is 0 Å². The number of pyridine rings is 1. The first-order valence-corrected chi connectivity index (χ1v) is 5.02. The van der Waals surface area contributed by atoms with E-state index in [0.29, 0.717) is 0 Å². The SMILES string of the molecule is O=c1[nH]c2c(ccc3ccncc32)s1. The quantitative estimate of drug-likeness (QED) is 0.607. The Labute approximate surface area is 83.0 Å². The molecule has 3 rings (SSSR count). The Hall–Kier alpha value is -1.68. The van der Waals surface area contributed by atoms with Gasteiger partial charge in [-0.1, -0.05) is 17.4 Å². The average Bonchev–Trinajstić information content (AvgIpc) is 2.59. The molecule has 0 radical (unpaired) electrons. The van der Waals surface area contributed by atoms with Crippen LogP contribution in [0.3, 0.4) is 0 Å². The summed E-state index contributed by atoms with van der Waals surface area (Å²) in [4.78, 5) is 18.0. The fourth-order valence-corrected chi connectivity index (χ4v) is 2.33. The van der Waals surface area contributed by atoms with Gasteiger partial charge in [0.25, 0.3) is 0 Å². The largest absolute Gasteiger partial charge is 0.312 e. The lowest BCUT2D eigenvalue weighted by Crippen LogP contribution is -1.90. The molecule has 0 saturated heterocycles. The first kappa shape index (κ1) is 7.70. The number of aromatic amines is 1. The molecular formula is C10H6N2OS. The smallest absolute Gasteiger partial charge is 0.305 e. The highest BCUT2D eigenvalue weighted by Crippen LogP contribution is 2.23. The lowest BCUT2D eigenvalue weighted by Gasteiger charge is -1.96. The zero-order valence-electron chi connectivity index (χ0n) is 7.15. The van der Waals surface area contributed by atoms with E-state index >= 15 is 0 Å². The minimum Gasteiger partial charge on any atom is -0.312 e. The summed E-state index contributed by atoms with van der Waals surface area (Å²) in [5.41, 5.74) is 0.894. The standard InChI is InChI=1S/C10H6N2OS/c13-10-12-9-7-5-11-4-3-6(7)1-2-8(9)14-10/h1-5H,(H,12,13). The van der Waals surface area contributed by atoms with Gasteiger partial charge in [0.2, 0.25) is 0 Å². The van der Waals surface area contributed by atoms with E-state index in [1.165, 1.54) is 11.3 Å². The van der Waals surface area contributed by atoms with Gasteiger partial charge in [-0.2, -0.15) is 0 Å². The van der Waals surface area contributed by atoms with Gasteiger partial charge in [-0.05, 0) is 17.5 Å². The molecule has 4 heteroatoms. The number of nitrogens with zero attached hydrogens (tertiary/aromatic N) is 1. The van der Waals surface area contributed by atoms with Crippen molar-refractivity contribution in [2.75, 3.05) is 0 Å². The van der Waals surface area contributed by atoms with Crippen LogP contribution in [-0.4, -0.2) is 9.97 Å². The van der Waals surface area contributed by atoms with Crippen LogP contribution in [0.15, 0.2) is 35.4 Å². The lowest BCUT2D eigenvalue weighted by atomic mass is 10.1. The van der Waals surface area contributed by atoms with Crippen LogP contribution in [0.4, 0.5) is 0 Å². The van der Waals surface area contributed by atoms with Crippen LogP contribution in [0, 0.1) is 0 Å². The van der Waals surface area contributed by atoms with Crippen molar-refractivity contribution in [2.45, 2.75) is 0 Å². The molecule has 0 saturated carbocycles. The van der Waals surface area contributed by atoms with Crippen molar-refractivity contribution in [3.05, 3.63) is 40.3 Å².